The Bertz CT molecular complexity index is 402. The quantitative estimate of drug-likeness (QED) is 0.712. The highest BCUT2D eigenvalue weighted by Crippen LogP contribution is 2.15. The van der Waals surface area contributed by atoms with Gasteiger partial charge >= 0.3 is 0 Å². The van der Waals surface area contributed by atoms with Crippen LogP contribution in [-0.4, -0.2) is 85.9 Å². The molecule has 21 heavy (non-hydrogen) atoms. The molecule has 118 valence electrons. The van der Waals surface area contributed by atoms with Gasteiger partial charge in [0.1, 0.15) is 6.54 Å². The van der Waals surface area contributed by atoms with Crippen LogP contribution in [0.3, 0.4) is 0 Å². The Morgan fingerprint density at radius 3 is 2.67 bits per heavy atom. The second kappa shape index (κ2) is 7.56. The zero-order valence-electron chi connectivity index (χ0n) is 13.0. The number of piperazine rings is 1. The second-order valence-electron chi connectivity index (χ2n) is 5.99. The molecule has 2 heterocycles. The number of hydrogen-bond donors (Lipinski definition) is 1. The van der Waals surface area contributed by atoms with Crippen molar-refractivity contribution >= 4 is 11.8 Å². The first kappa shape index (κ1) is 16.0. The second-order valence-corrected chi connectivity index (χ2v) is 5.99. The van der Waals surface area contributed by atoms with E-state index in [1.807, 2.05) is 30.0 Å². The number of nitrogens with one attached hydrogen (secondary N) is 1. The van der Waals surface area contributed by atoms with E-state index in [9.17, 15) is 9.59 Å². The van der Waals surface area contributed by atoms with Crippen LogP contribution in [0, 0.1) is 0 Å². The summed E-state index contributed by atoms with van der Waals surface area (Å²) in [6, 6.07) is 0.347. The highest BCUT2D eigenvalue weighted by Gasteiger charge is 2.31. The number of carbonyl (C=O) groups is 2. The lowest BCUT2D eigenvalue weighted by Gasteiger charge is -2.40. The third-order valence-electron chi connectivity index (χ3n) is 4.05. The van der Waals surface area contributed by atoms with Crippen molar-refractivity contribution in [1.29, 1.82) is 0 Å². The normalized spacial score (nSPS) is 21.6. The number of amides is 2. The Hall–Kier alpha value is -1.40. The molecule has 2 fully saturated rings. The van der Waals surface area contributed by atoms with Crippen LogP contribution in [-0.2, 0) is 9.59 Å². The largest absolute Gasteiger partial charge is 0.336 e. The molecule has 2 aliphatic rings. The van der Waals surface area contributed by atoms with Crippen LogP contribution in [0.4, 0.5) is 0 Å². The first-order valence-electron chi connectivity index (χ1n) is 7.68. The van der Waals surface area contributed by atoms with Crippen molar-refractivity contribution in [2.24, 2.45) is 0 Å². The molecule has 0 atom stereocenters. The van der Waals surface area contributed by atoms with E-state index in [0.717, 1.165) is 32.5 Å². The Labute approximate surface area is 126 Å². The molecule has 0 aromatic carbocycles. The highest BCUT2D eigenvalue weighted by molar-refractivity contribution is 5.92. The first-order valence-corrected chi connectivity index (χ1v) is 7.68. The fourth-order valence-corrected chi connectivity index (χ4v) is 2.85. The minimum Gasteiger partial charge on any atom is -0.336 e. The fraction of sp³-hybridized carbons (Fsp3) is 0.733. The maximum Gasteiger partial charge on any atom is 0.246 e. The average molecular weight is 294 g/mol. The third kappa shape index (κ3) is 4.54. The molecule has 6 nitrogen and oxygen atoms in total. The molecule has 2 amide bonds. The van der Waals surface area contributed by atoms with E-state index in [1.165, 1.54) is 0 Å². The average Bonchev–Trinajstić information content (AvgIpc) is 2.47. The van der Waals surface area contributed by atoms with Crippen LogP contribution in [0.15, 0.2) is 12.2 Å². The molecule has 0 aromatic heterocycles. The summed E-state index contributed by atoms with van der Waals surface area (Å²) in [6.45, 7) is 4.20. The van der Waals surface area contributed by atoms with E-state index in [2.05, 4.69) is 5.32 Å². The van der Waals surface area contributed by atoms with E-state index in [0.29, 0.717) is 19.1 Å². The van der Waals surface area contributed by atoms with Crippen LogP contribution in [0.5, 0.6) is 0 Å². The minimum atomic E-state index is -0.0600. The molecule has 0 bridgehead atoms. The van der Waals surface area contributed by atoms with Crippen LogP contribution in [0.2, 0.25) is 0 Å². The van der Waals surface area contributed by atoms with Crippen LogP contribution in [0.25, 0.3) is 0 Å². The molecule has 0 radical (unpaired) electrons. The molecule has 6 heteroatoms. The van der Waals surface area contributed by atoms with Crippen molar-refractivity contribution < 1.29 is 9.59 Å². The molecule has 0 saturated carbocycles. The molecule has 0 aliphatic carbocycles. The van der Waals surface area contributed by atoms with Gasteiger partial charge in [-0.3, -0.25) is 9.59 Å². The predicted octanol–water partition coefficient (Wildman–Crippen LogP) is -0.473. The number of hydrogen-bond acceptors (Lipinski definition) is 4. The van der Waals surface area contributed by atoms with Crippen molar-refractivity contribution in [3.8, 4) is 0 Å². The summed E-state index contributed by atoms with van der Waals surface area (Å²) >= 11 is 0. The summed E-state index contributed by atoms with van der Waals surface area (Å²) < 4.78 is 0. The third-order valence-corrected chi connectivity index (χ3v) is 4.05. The van der Waals surface area contributed by atoms with Gasteiger partial charge in [0.15, 0.2) is 0 Å². The number of rotatable bonds is 4. The summed E-state index contributed by atoms with van der Waals surface area (Å²) in [5.41, 5.74) is 0. The van der Waals surface area contributed by atoms with Crippen molar-refractivity contribution in [2.75, 3.05) is 53.4 Å². The molecular formula is C15H26N4O2. The maximum absolute atomic E-state index is 12.3. The topological polar surface area (TPSA) is 55.9 Å². The van der Waals surface area contributed by atoms with E-state index < -0.39 is 0 Å². The van der Waals surface area contributed by atoms with Gasteiger partial charge in [-0.05, 0) is 40.0 Å². The van der Waals surface area contributed by atoms with Crippen molar-refractivity contribution in [2.45, 2.75) is 18.9 Å². The monoisotopic (exact) mass is 294 g/mol. The molecule has 0 unspecified atom stereocenters. The molecular weight excluding hydrogens is 268 g/mol. The summed E-state index contributed by atoms with van der Waals surface area (Å²) in [7, 11) is 3.91. The molecule has 2 saturated heterocycles. The van der Waals surface area contributed by atoms with Crippen molar-refractivity contribution in [3.63, 3.8) is 0 Å². The number of nitrogens with zero attached hydrogens (tertiary/aromatic N) is 3. The summed E-state index contributed by atoms with van der Waals surface area (Å²) in [4.78, 5) is 29.9. The van der Waals surface area contributed by atoms with E-state index in [-0.39, 0.29) is 18.4 Å². The summed E-state index contributed by atoms with van der Waals surface area (Å²) in [5, 5.41) is 3.31. The van der Waals surface area contributed by atoms with Gasteiger partial charge in [-0.1, -0.05) is 6.08 Å². The van der Waals surface area contributed by atoms with Crippen LogP contribution < -0.4 is 5.32 Å². The Morgan fingerprint density at radius 2 is 2.05 bits per heavy atom. The van der Waals surface area contributed by atoms with Crippen molar-refractivity contribution in [3.05, 3.63) is 12.2 Å². The zero-order valence-corrected chi connectivity index (χ0v) is 13.0. The van der Waals surface area contributed by atoms with Gasteiger partial charge < -0.3 is 20.0 Å². The van der Waals surface area contributed by atoms with Gasteiger partial charge in [-0.15, -0.1) is 0 Å². The maximum atomic E-state index is 12.3. The number of likely N-dealkylation sites (N-methyl/N-ethyl adjacent to an activating group) is 1. The molecule has 2 rings (SSSR count). The number of piperidine rings is 1. The van der Waals surface area contributed by atoms with Crippen molar-refractivity contribution in [1.82, 2.24) is 20.0 Å². The lowest BCUT2D eigenvalue weighted by atomic mass is 10.0. The van der Waals surface area contributed by atoms with Crippen LogP contribution in [0.1, 0.15) is 12.8 Å². The molecule has 1 N–H and O–H groups in total. The predicted molar refractivity (Wildman–Crippen MR) is 81.9 cm³/mol. The first-order chi connectivity index (χ1) is 10.1. The standard InChI is InChI=1S/C15H26N4O2/c1-17(2)9-3-4-14(20)18-10-11-19(15(21)12-18)13-5-7-16-8-6-13/h3-4,13,16H,5-12H2,1-2H3/b4-3+. The van der Waals surface area contributed by atoms with Gasteiger partial charge in [0, 0.05) is 31.8 Å². The molecule has 2 aliphatic heterocycles. The highest BCUT2D eigenvalue weighted by atomic mass is 16.2. The lowest BCUT2D eigenvalue weighted by molar-refractivity contribution is -0.145. The van der Waals surface area contributed by atoms with E-state index >= 15 is 0 Å². The van der Waals surface area contributed by atoms with Crippen LogP contribution >= 0.6 is 0 Å². The van der Waals surface area contributed by atoms with Gasteiger partial charge in [0.05, 0.1) is 0 Å². The lowest BCUT2D eigenvalue weighted by Crippen LogP contribution is -2.56. The van der Waals surface area contributed by atoms with Gasteiger partial charge in [0.2, 0.25) is 11.8 Å². The molecule has 0 spiro atoms. The summed E-state index contributed by atoms with van der Waals surface area (Å²) in [6.07, 6.45) is 5.45. The minimum absolute atomic E-state index is 0.0600. The van der Waals surface area contributed by atoms with E-state index in [4.69, 9.17) is 0 Å². The Morgan fingerprint density at radius 1 is 1.33 bits per heavy atom. The summed E-state index contributed by atoms with van der Waals surface area (Å²) in [5.74, 6) is 0.0256. The zero-order chi connectivity index (χ0) is 15.2. The smallest absolute Gasteiger partial charge is 0.246 e. The van der Waals surface area contributed by atoms with Gasteiger partial charge in [0.25, 0.3) is 0 Å². The van der Waals surface area contributed by atoms with Gasteiger partial charge in [-0.2, -0.15) is 0 Å². The fourth-order valence-electron chi connectivity index (χ4n) is 2.85. The molecule has 0 aromatic rings. The SMILES string of the molecule is CN(C)C/C=C/C(=O)N1CCN(C2CCNCC2)C(=O)C1. The Kier molecular flexibility index (Phi) is 5.76. The van der Waals surface area contributed by atoms with E-state index in [1.54, 1.807) is 11.0 Å². The Balaban J connectivity index is 1.83. The van der Waals surface area contributed by atoms with Gasteiger partial charge in [-0.25, -0.2) is 0 Å². The number of carbonyl (C=O) groups excluding carboxylic acids is 2.